The number of hydrogen-bond acceptors (Lipinski definition) is 7. The smallest absolute Gasteiger partial charge is 0.173 e. The Kier molecular flexibility index (Phi) is 18.6. The fourth-order valence-corrected chi connectivity index (χ4v) is 30.5. The van der Waals surface area contributed by atoms with Crippen LogP contribution in [-0.4, -0.2) is 139 Å². The van der Waals surface area contributed by atoms with Crippen LogP contribution < -0.4 is 0 Å². The van der Waals surface area contributed by atoms with Gasteiger partial charge in [-0.3, -0.25) is 0 Å². The molecule has 0 bridgehead atoms. The zero-order valence-corrected chi connectivity index (χ0v) is 43.7. The van der Waals surface area contributed by atoms with E-state index in [0.717, 1.165) is 94.0 Å². The molecule has 12 atom stereocenters. The zero-order chi connectivity index (χ0) is 42.6. The Morgan fingerprint density at radius 3 is 1.32 bits per heavy atom. The lowest BCUT2D eigenvalue weighted by Gasteiger charge is -2.52. The molecule has 336 valence electrons. The second-order valence-electron chi connectivity index (χ2n) is 23.2. The summed E-state index contributed by atoms with van der Waals surface area (Å²) in [5, 5.41) is 43.6. The highest BCUT2D eigenvalue weighted by atomic mass is 35.5. The molecule has 0 aliphatic heterocycles. The molecule has 8 nitrogen and oxygen atoms in total. The number of quaternary nitrogens is 1. The molecule has 4 rings (SSSR count). The van der Waals surface area contributed by atoms with Crippen LogP contribution in [0.5, 0.6) is 0 Å². The summed E-state index contributed by atoms with van der Waals surface area (Å²) in [5.74, 6) is 2.45. The van der Waals surface area contributed by atoms with Crippen molar-refractivity contribution in [2.75, 3.05) is 28.2 Å². The lowest BCUT2D eigenvalue weighted by Crippen LogP contribution is -2.65. The molecule has 0 radical (unpaired) electrons. The van der Waals surface area contributed by atoms with E-state index in [1.165, 1.54) is 37.4 Å². The molecule has 0 aromatic heterocycles. The highest BCUT2D eigenvalue weighted by molar-refractivity contribution is 6.85. The van der Waals surface area contributed by atoms with Gasteiger partial charge in [-0.2, -0.15) is 0 Å². The fraction of sp³-hybridized carbons (Fsp3) is 1.00. The maximum Gasteiger partial charge on any atom is 0.173 e. The van der Waals surface area contributed by atoms with Gasteiger partial charge in [-0.05, 0) is 179 Å². The molecule has 0 spiro atoms. The lowest BCUT2D eigenvalue weighted by molar-refractivity contribution is -0.947. The van der Waals surface area contributed by atoms with E-state index in [4.69, 9.17) is 19.8 Å². The van der Waals surface area contributed by atoms with Gasteiger partial charge < -0.3 is 38.0 Å². The van der Waals surface area contributed by atoms with Gasteiger partial charge in [0.05, 0.1) is 31.7 Å². The molecule has 0 aromatic carbocycles. The Morgan fingerprint density at radius 1 is 0.491 bits per heavy atom. The number of hydrogen-bond donors (Lipinski definition) is 4. The summed E-state index contributed by atoms with van der Waals surface area (Å²) in [6, 6.07) is 5.31. The summed E-state index contributed by atoms with van der Waals surface area (Å²) in [5.41, 5.74) is 0. The first-order valence-corrected chi connectivity index (χ1v) is 36.4. The predicted octanol–water partition coefficient (Wildman–Crippen LogP) is 9.40. The molecule has 0 saturated heterocycles. The van der Waals surface area contributed by atoms with Crippen LogP contribution >= 0.6 is 11.6 Å². The van der Waals surface area contributed by atoms with Crippen molar-refractivity contribution < 1.29 is 33.1 Å². The van der Waals surface area contributed by atoms with E-state index in [1.807, 2.05) is 0 Å². The molecule has 13 heteroatoms. The van der Waals surface area contributed by atoms with E-state index in [1.54, 1.807) is 0 Å². The molecular formula is C44H92ClN2O6Si4+. The van der Waals surface area contributed by atoms with E-state index in [2.05, 4.69) is 85.5 Å². The quantitative estimate of drug-likeness (QED) is 0.0583. The van der Waals surface area contributed by atoms with Gasteiger partial charge in [-0.1, -0.05) is 25.7 Å². The van der Waals surface area contributed by atoms with Crippen molar-refractivity contribution in [3.8, 4) is 0 Å². The molecule has 4 aliphatic rings. The van der Waals surface area contributed by atoms with E-state index >= 15 is 0 Å². The molecule has 0 aromatic rings. The molecule has 4 aliphatic carbocycles. The van der Waals surface area contributed by atoms with Crippen LogP contribution in [0.4, 0.5) is 0 Å². The average Bonchev–Trinajstić information content (AvgIpc) is 3.09. The van der Waals surface area contributed by atoms with Gasteiger partial charge in [-0.15, -0.1) is 11.6 Å². The van der Waals surface area contributed by atoms with E-state index in [0.29, 0.717) is 23.7 Å². The lowest BCUT2D eigenvalue weighted by atomic mass is 9.77. The third kappa shape index (κ3) is 15.6. The number of nitrogens with zero attached hydrogens (tertiary/aromatic N) is 2. The first-order valence-electron chi connectivity index (χ1n) is 23.5. The first-order chi connectivity index (χ1) is 26.3. The van der Waals surface area contributed by atoms with Crippen LogP contribution in [0.3, 0.4) is 0 Å². The SMILES string of the molecule is CN(C)C1CC(CC[Si](C)(C)O[Si](C)(C)CCC2CCC([N+](C)(C)C3CC(CC[Si](C)(C)O[Si](C)(C)CCC4CCC(O)C(Cl)C4)CCC3O)C(O)C2)CCC1O. The van der Waals surface area contributed by atoms with Gasteiger partial charge >= 0.3 is 0 Å². The van der Waals surface area contributed by atoms with Crippen molar-refractivity contribution in [2.45, 2.75) is 227 Å². The van der Waals surface area contributed by atoms with Crippen LogP contribution in [0.15, 0.2) is 0 Å². The summed E-state index contributed by atoms with van der Waals surface area (Å²) in [4.78, 5) is 2.21. The number of alkyl halides is 1. The molecule has 4 fully saturated rings. The molecule has 57 heavy (non-hydrogen) atoms. The number of aliphatic hydroxyl groups excluding tert-OH is 4. The van der Waals surface area contributed by atoms with Gasteiger partial charge in [0, 0.05) is 18.9 Å². The first kappa shape index (κ1) is 50.5. The maximum absolute atomic E-state index is 11.8. The van der Waals surface area contributed by atoms with Gasteiger partial charge in [0.15, 0.2) is 33.3 Å². The fourth-order valence-electron chi connectivity index (χ4n) is 12.1. The summed E-state index contributed by atoms with van der Waals surface area (Å²) >= 11 is 6.41. The Morgan fingerprint density at radius 2 is 0.877 bits per heavy atom. The van der Waals surface area contributed by atoms with Crippen molar-refractivity contribution in [2.24, 2.45) is 23.7 Å². The minimum Gasteiger partial charge on any atom is -0.455 e. The van der Waals surface area contributed by atoms with Crippen LogP contribution in [0, 0.1) is 23.7 Å². The number of halogens is 1. The van der Waals surface area contributed by atoms with E-state index < -0.39 is 33.3 Å². The normalized spacial score (nSPS) is 35.5. The zero-order valence-electron chi connectivity index (χ0n) is 38.9. The third-order valence-corrected chi connectivity index (χ3v) is 30.9. The molecule has 0 amide bonds. The minimum atomic E-state index is -1.85. The van der Waals surface area contributed by atoms with Crippen molar-refractivity contribution in [3.05, 3.63) is 0 Å². The van der Waals surface area contributed by atoms with Crippen molar-refractivity contribution >= 4 is 44.9 Å². The Hall–Kier alpha value is 0.838. The van der Waals surface area contributed by atoms with E-state index in [9.17, 15) is 20.4 Å². The monoisotopic (exact) mass is 892 g/mol. The number of likely N-dealkylation sites (N-methyl/N-ethyl adjacent to an activating group) is 2. The number of rotatable bonds is 19. The minimum absolute atomic E-state index is 0.0964. The maximum atomic E-state index is 11.8. The Bertz CT molecular complexity index is 1230. The van der Waals surface area contributed by atoms with Crippen LogP contribution in [-0.2, 0) is 8.23 Å². The Labute approximate surface area is 360 Å². The highest BCUT2D eigenvalue weighted by Crippen LogP contribution is 2.42. The van der Waals surface area contributed by atoms with Gasteiger partial charge in [0.25, 0.3) is 0 Å². The summed E-state index contributed by atoms with van der Waals surface area (Å²) < 4.78 is 14.9. The molecule has 4 N–H and O–H groups in total. The van der Waals surface area contributed by atoms with Gasteiger partial charge in [-0.25, -0.2) is 0 Å². The highest BCUT2D eigenvalue weighted by Gasteiger charge is 2.49. The van der Waals surface area contributed by atoms with Gasteiger partial charge in [0.2, 0.25) is 0 Å². The van der Waals surface area contributed by atoms with Crippen molar-refractivity contribution in [1.82, 2.24) is 4.90 Å². The number of aliphatic hydroxyl groups is 4. The molecular weight excluding hydrogens is 800 g/mol. The second-order valence-corrected chi connectivity index (χ2v) is 41.5. The summed E-state index contributed by atoms with van der Waals surface area (Å²) in [6.45, 7) is 19.3. The molecule has 12 unspecified atom stereocenters. The summed E-state index contributed by atoms with van der Waals surface area (Å²) in [7, 11) is 1.49. The van der Waals surface area contributed by atoms with Crippen LogP contribution in [0.2, 0.25) is 76.6 Å². The summed E-state index contributed by atoms with van der Waals surface area (Å²) in [6.07, 6.45) is 15.6. The largest absolute Gasteiger partial charge is 0.455 e. The molecule has 4 saturated carbocycles. The topological polar surface area (TPSA) is 103 Å². The Balaban J connectivity index is 1.21. The van der Waals surface area contributed by atoms with Crippen LogP contribution in [0.25, 0.3) is 0 Å². The predicted molar refractivity (Wildman–Crippen MR) is 250 cm³/mol. The average molecular weight is 893 g/mol. The molecule has 0 heterocycles. The van der Waals surface area contributed by atoms with E-state index in [-0.39, 0.29) is 47.9 Å². The van der Waals surface area contributed by atoms with Crippen molar-refractivity contribution in [1.29, 1.82) is 0 Å². The third-order valence-electron chi connectivity index (χ3n) is 15.6. The van der Waals surface area contributed by atoms with Crippen LogP contribution in [0.1, 0.15) is 103 Å². The van der Waals surface area contributed by atoms with Gasteiger partial charge in [0.1, 0.15) is 24.3 Å². The van der Waals surface area contributed by atoms with Crippen molar-refractivity contribution in [3.63, 3.8) is 0 Å². The second kappa shape index (κ2) is 21.0. The standard InChI is InChI=1S/C44H92ClN2O6Si4/c1-46(2)38-30-34(15-19-42(38)49)22-26-55(7,8)53-57(11,12)28-24-36-13-17-39(44(51)32-36)47(3,4)40-31-35(16-20-43(40)50)23-27-56(9,10)52-54(5,6)25-21-33-14-18-41(48)37(45)29-33/h33-44,48-51H,13-32H2,1-12H3/q+1.